The molecule has 1 fully saturated rings. The number of hydrogen-bond acceptors (Lipinski definition) is 5. The molecule has 0 unspecified atom stereocenters. The first-order chi connectivity index (χ1) is 15.8. The third-order valence-electron chi connectivity index (χ3n) is 5.35. The van der Waals surface area contributed by atoms with Gasteiger partial charge in [0.25, 0.3) is 15.9 Å². The van der Waals surface area contributed by atoms with Crippen LogP contribution in [-0.2, 0) is 10.0 Å². The van der Waals surface area contributed by atoms with Crippen LogP contribution in [0.25, 0.3) is 5.69 Å². The normalized spacial score (nSPS) is 15.1. The number of anilines is 1. The minimum absolute atomic E-state index is 0.0168. The summed E-state index contributed by atoms with van der Waals surface area (Å²) in [6, 6.07) is 13.3. The number of carbonyl (C=O) groups is 1. The molecule has 0 saturated carbocycles. The van der Waals surface area contributed by atoms with E-state index in [-0.39, 0.29) is 10.6 Å². The molecule has 0 aliphatic carbocycles. The van der Waals surface area contributed by atoms with Crippen molar-refractivity contribution in [3.05, 3.63) is 66.0 Å². The Bertz CT molecular complexity index is 1330. The zero-order valence-corrected chi connectivity index (χ0v) is 19.5. The van der Waals surface area contributed by atoms with Crippen molar-refractivity contribution in [2.24, 2.45) is 4.40 Å². The fourth-order valence-electron chi connectivity index (χ4n) is 3.59. The Morgan fingerprint density at radius 3 is 2.73 bits per heavy atom. The highest BCUT2D eigenvalue weighted by Gasteiger charge is 2.21. The van der Waals surface area contributed by atoms with Gasteiger partial charge < -0.3 is 15.0 Å². The summed E-state index contributed by atoms with van der Waals surface area (Å²) in [4.78, 5) is 14.6. The molecule has 10 heteroatoms. The number of ether oxygens (including phenoxy) is 1. The van der Waals surface area contributed by atoms with Crippen LogP contribution in [0.2, 0.25) is 0 Å². The molecule has 0 radical (unpaired) electrons. The first-order valence-corrected chi connectivity index (χ1v) is 11.9. The average molecular weight is 468 g/mol. The van der Waals surface area contributed by atoms with E-state index in [1.807, 2.05) is 37.1 Å². The Morgan fingerprint density at radius 1 is 1.18 bits per heavy atom. The first kappa shape index (κ1) is 22.5. The zero-order chi connectivity index (χ0) is 23.6. The summed E-state index contributed by atoms with van der Waals surface area (Å²) in [6.45, 7) is 2.74. The number of likely N-dealkylation sites (tertiary alicyclic amines) is 1. The van der Waals surface area contributed by atoms with Crippen LogP contribution in [0.3, 0.4) is 0 Å². The lowest BCUT2D eigenvalue weighted by Crippen LogP contribution is -2.20. The molecular formula is C23H25N5O4S. The van der Waals surface area contributed by atoms with Gasteiger partial charge in [0, 0.05) is 31.9 Å². The number of nitrogens with zero attached hydrogens (tertiary/aromatic N) is 4. The Kier molecular flexibility index (Phi) is 6.19. The number of sulfonamides is 1. The minimum atomic E-state index is -3.88. The molecule has 0 spiro atoms. The van der Waals surface area contributed by atoms with Gasteiger partial charge in [-0.15, -0.1) is 4.40 Å². The van der Waals surface area contributed by atoms with E-state index in [9.17, 15) is 13.2 Å². The van der Waals surface area contributed by atoms with Gasteiger partial charge in [-0.25, -0.2) is 4.68 Å². The van der Waals surface area contributed by atoms with E-state index in [0.717, 1.165) is 18.5 Å². The maximum absolute atomic E-state index is 12.8. The van der Waals surface area contributed by atoms with Gasteiger partial charge in [-0.05, 0) is 55.3 Å². The molecule has 1 aliphatic rings. The van der Waals surface area contributed by atoms with Crippen LogP contribution < -0.4 is 10.1 Å². The van der Waals surface area contributed by atoms with E-state index < -0.39 is 15.9 Å². The second-order valence-electron chi connectivity index (χ2n) is 7.81. The van der Waals surface area contributed by atoms with Gasteiger partial charge in [-0.1, -0.05) is 12.1 Å². The molecule has 172 valence electrons. The van der Waals surface area contributed by atoms with Gasteiger partial charge in [0.15, 0.2) is 5.69 Å². The van der Waals surface area contributed by atoms with Crippen LogP contribution in [-0.4, -0.2) is 55.5 Å². The molecule has 1 N–H and O–H groups in total. The molecule has 1 saturated heterocycles. The Morgan fingerprint density at radius 2 is 2.00 bits per heavy atom. The maximum Gasteiger partial charge on any atom is 0.284 e. The van der Waals surface area contributed by atoms with Crippen molar-refractivity contribution < 1.29 is 17.9 Å². The van der Waals surface area contributed by atoms with E-state index in [1.54, 1.807) is 36.2 Å². The number of benzene rings is 2. The summed E-state index contributed by atoms with van der Waals surface area (Å²) in [5, 5.41) is 7.06. The number of amides is 1. The van der Waals surface area contributed by atoms with Crippen molar-refractivity contribution >= 4 is 27.5 Å². The highest BCUT2D eigenvalue weighted by atomic mass is 32.2. The van der Waals surface area contributed by atoms with Crippen molar-refractivity contribution in [1.29, 1.82) is 0 Å². The van der Waals surface area contributed by atoms with E-state index >= 15 is 0 Å². The summed E-state index contributed by atoms with van der Waals surface area (Å²) in [6.07, 6.45) is 3.17. The average Bonchev–Trinajstić information content (AvgIpc) is 3.43. The number of methoxy groups -OCH3 is 1. The zero-order valence-electron chi connectivity index (χ0n) is 18.6. The summed E-state index contributed by atoms with van der Waals surface area (Å²) in [5.74, 6) is 0.710. The second kappa shape index (κ2) is 9.07. The molecule has 1 aromatic heterocycles. The number of amidine groups is 1. The maximum atomic E-state index is 12.8. The smallest absolute Gasteiger partial charge is 0.284 e. The molecule has 2 aromatic carbocycles. The Balaban J connectivity index is 1.54. The van der Waals surface area contributed by atoms with Crippen molar-refractivity contribution in [2.75, 3.05) is 26.0 Å². The minimum Gasteiger partial charge on any atom is -0.494 e. The van der Waals surface area contributed by atoms with E-state index in [1.165, 1.54) is 12.1 Å². The highest BCUT2D eigenvalue weighted by Crippen LogP contribution is 2.24. The van der Waals surface area contributed by atoms with Crippen molar-refractivity contribution in [3.63, 3.8) is 0 Å². The molecule has 33 heavy (non-hydrogen) atoms. The molecule has 2 heterocycles. The number of aryl methyl sites for hydroxylation is 1. The van der Waals surface area contributed by atoms with Gasteiger partial charge in [0.2, 0.25) is 0 Å². The quantitative estimate of drug-likeness (QED) is 0.597. The summed E-state index contributed by atoms with van der Waals surface area (Å²) in [7, 11) is -0.488. The van der Waals surface area contributed by atoms with Crippen LogP contribution in [0.5, 0.6) is 5.75 Å². The number of carbonyl (C=O) groups excluding carboxylic acids is 1. The second-order valence-corrected chi connectivity index (χ2v) is 9.41. The lowest BCUT2D eigenvalue weighted by atomic mass is 10.2. The van der Waals surface area contributed by atoms with Gasteiger partial charge in [0.1, 0.15) is 17.3 Å². The standard InChI is InChI=1S/C23H25N5O4S/c1-16-9-10-21(32-3)20(14-16)28-13-11-19(25-28)23(29)24-17-6-4-7-18(15-17)33(30,31)26-22-8-5-12-27(22)2/h4,6-7,9-11,13-15H,5,8,12H2,1-3H3,(H,24,29)/b26-22-. The van der Waals surface area contributed by atoms with Gasteiger partial charge in [-0.3, -0.25) is 4.79 Å². The third kappa shape index (κ3) is 4.90. The third-order valence-corrected chi connectivity index (χ3v) is 6.65. The largest absolute Gasteiger partial charge is 0.494 e. The SMILES string of the molecule is COc1ccc(C)cc1-n1ccc(C(=O)Nc2cccc(S(=O)(=O)/N=C3/CCCN3C)c2)n1. The molecule has 3 aromatic rings. The predicted octanol–water partition coefficient (Wildman–Crippen LogP) is 3.25. The fourth-order valence-corrected chi connectivity index (χ4v) is 4.73. The number of hydrogen-bond donors (Lipinski definition) is 1. The van der Waals surface area contributed by atoms with Crippen LogP contribution in [0, 0.1) is 6.92 Å². The van der Waals surface area contributed by atoms with Gasteiger partial charge >= 0.3 is 0 Å². The number of aromatic nitrogens is 2. The molecule has 1 amide bonds. The van der Waals surface area contributed by atoms with E-state index in [4.69, 9.17) is 4.74 Å². The molecule has 9 nitrogen and oxygen atoms in total. The summed E-state index contributed by atoms with van der Waals surface area (Å²) in [5.41, 5.74) is 2.25. The molecular weight excluding hydrogens is 442 g/mol. The van der Waals surface area contributed by atoms with Gasteiger partial charge in [0.05, 0.1) is 12.0 Å². The van der Waals surface area contributed by atoms with Crippen LogP contribution in [0.15, 0.2) is 64.0 Å². The van der Waals surface area contributed by atoms with E-state index in [2.05, 4.69) is 14.8 Å². The van der Waals surface area contributed by atoms with Gasteiger partial charge in [-0.2, -0.15) is 13.5 Å². The first-order valence-electron chi connectivity index (χ1n) is 10.4. The number of rotatable bonds is 6. The molecule has 0 bridgehead atoms. The van der Waals surface area contributed by atoms with Crippen LogP contribution in [0.1, 0.15) is 28.9 Å². The van der Waals surface area contributed by atoms with Crippen molar-refractivity contribution in [2.45, 2.75) is 24.7 Å². The van der Waals surface area contributed by atoms with E-state index in [0.29, 0.717) is 29.4 Å². The lowest BCUT2D eigenvalue weighted by molar-refractivity contribution is 0.102. The monoisotopic (exact) mass is 467 g/mol. The molecule has 0 atom stereocenters. The van der Waals surface area contributed by atoms with Crippen LogP contribution in [0.4, 0.5) is 5.69 Å². The predicted molar refractivity (Wildman–Crippen MR) is 126 cm³/mol. The topological polar surface area (TPSA) is 106 Å². The summed E-state index contributed by atoms with van der Waals surface area (Å²) < 4.78 is 36.4. The lowest BCUT2D eigenvalue weighted by Gasteiger charge is -2.11. The van der Waals surface area contributed by atoms with Crippen molar-refractivity contribution in [3.8, 4) is 11.4 Å². The molecule has 4 rings (SSSR count). The summed E-state index contributed by atoms with van der Waals surface area (Å²) >= 11 is 0. The fraction of sp³-hybridized carbons (Fsp3) is 0.261. The Hall–Kier alpha value is -3.66. The van der Waals surface area contributed by atoms with Crippen LogP contribution >= 0.6 is 0 Å². The number of nitrogens with one attached hydrogen (secondary N) is 1. The highest BCUT2D eigenvalue weighted by molar-refractivity contribution is 7.90. The van der Waals surface area contributed by atoms with Crippen molar-refractivity contribution in [1.82, 2.24) is 14.7 Å². The Labute approximate surface area is 192 Å². The molecule has 1 aliphatic heterocycles.